The number of rotatable bonds is 3. The first-order valence-corrected chi connectivity index (χ1v) is 11.0. The van der Waals surface area contributed by atoms with E-state index < -0.39 is 0 Å². The third-order valence-corrected chi connectivity index (χ3v) is 8.11. The van der Waals surface area contributed by atoms with E-state index in [-0.39, 0.29) is 11.3 Å². The molecule has 0 aliphatic heterocycles. The second-order valence-corrected chi connectivity index (χ2v) is 9.92. The summed E-state index contributed by atoms with van der Waals surface area (Å²) in [5.41, 5.74) is 1.66. The molecule has 4 aliphatic rings. The lowest BCUT2D eigenvalue weighted by atomic mass is 9.50. The van der Waals surface area contributed by atoms with Gasteiger partial charge in [-0.25, -0.2) is 0 Å². The lowest BCUT2D eigenvalue weighted by Gasteiger charge is -2.55. The molecule has 142 valence electrons. The summed E-state index contributed by atoms with van der Waals surface area (Å²) in [7, 11) is 0. The van der Waals surface area contributed by atoms with Crippen LogP contribution in [-0.4, -0.2) is 21.1 Å². The molecular formula is C22H22N4OS. The minimum absolute atomic E-state index is 0.146. The zero-order valence-electron chi connectivity index (χ0n) is 15.6. The molecule has 0 spiro atoms. The Morgan fingerprint density at radius 2 is 1.75 bits per heavy atom. The highest BCUT2D eigenvalue weighted by Crippen LogP contribution is 2.61. The Morgan fingerprint density at radius 3 is 2.50 bits per heavy atom. The molecule has 1 amide bonds. The van der Waals surface area contributed by atoms with Gasteiger partial charge in [0.25, 0.3) is 5.91 Å². The predicted molar refractivity (Wildman–Crippen MR) is 109 cm³/mol. The van der Waals surface area contributed by atoms with Crippen LogP contribution in [0.4, 0.5) is 5.13 Å². The van der Waals surface area contributed by atoms with Gasteiger partial charge in [-0.05, 0) is 74.5 Å². The lowest BCUT2D eigenvalue weighted by Crippen LogP contribution is -2.48. The molecule has 0 atom stereocenters. The van der Waals surface area contributed by atoms with Crippen molar-refractivity contribution in [1.82, 2.24) is 15.2 Å². The number of hydrogen-bond donors (Lipinski definition) is 1. The number of fused-ring (bicyclic) bond motifs is 1. The molecule has 0 unspecified atom stereocenters. The summed E-state index contributed by atoms with van der Waals surface area (Å²) in [5, 5.41) is 14.5. The van der Waals surface area contributed by atoms with Gasteiger partial charge in [-0.2, -0.15) is 0 Å². The smallest absolute Gasteiger partial charge is 0.258 e. The van der Waals surface area contributed by atoms with Gasteiger partial charge in [0.1, 0.15) is 5.01 Å². The highest BCUT2D eigenvalue weighted by Gasteiger charge is 2.53. The summed E-state index contributed by atoms with van der Waals surface area (Å²) < 4.78 is 0. The van der Waals surface area contributed by atoms with Crippen LogP contribution in [0.2, 0.25) is 0 Å². The summed E-state index contributed by atoms with van der Waals surface area (Å²) in [6.07, 6.45) is 9.76. The number of nitrogens with zero attached hydrogens (tertiary/aromatic N) is 3. The number of aromatic nitrogens is 3. The van der Waals surface area contributed by atoms with E-state index in [9.17, 15) is 4.79 Å². The first-order chi connectivity index (χ1) is 13.7. The van der Waals surface area contributed by atoms with Crippen molar-refractivity contribution >= 4 is 33.3 Å². The molecule has 3 aromatic rings. The molecule has 0 radical (unpaired) electrons. The van der Waals surface area contributed by atoms with Crippen molar-refractivity contribution in [3.8, 4) is 0 Å². The molecule has 2 aromatic heterocycles. The molecule has 0 saturated heterocycles. The normalized spacial score (nSPS) is 30.6. The average molecular weight is 391 g/mol. The fraction of sp³-hybridized carbons (Fsp3) is 0.455. The minimum atomic E-state index is -0.146. The fourth-order valence-electron chi connectivity index (χ4n) is 6.33. The number of pyridine rings is 1. The topological polar surface area (TPSA) is 67.8 Å². The average Bonchev–Trinajstić information content (AvgIpc) is 3.16. The van der Waals surface area contributed by atoms with Crippen LogP contribution in [0, 0.1) is 17.8 Å². The molecule has 4 fully saturated rings. The van der Waals surface area contributed by atoms with Gasteiger partial charge in [0.2, 0.25) is 5.13 Å². The minimum Gasteiger partial charge on any atom is -0.296 e. The van der Waals surface area contributed by atoms with Gasteiger partial charge in [0.05, 0.1) is 5.52 Å². The Kier molecular flexibility index (Phi) is 3.60. The van der Waals surface area contributed by atoms with E-state index in [1.807, 2.05) is 30.3 Å². The molecule has 28 heavy (non-hydrogen) atoms. The Labute approximate surface area is 167 Å². The van der Waals surface area contributed by atoms with Gasteiger partial charge in [0, 0.05) is 22.6 Å². The van der Waals surface area contributed by atoms with E-state index >= 15 is 0 Å². The van der Waals surface area contributed by atoms with Gasteiger partial charge < -0.3 is 0 Å². The maximum atomic E-state index is 12.9. The number of nitrogens with one attached hydrogen (secondary N) is 1. The quantitative estimate of drug-likeness (QED) is 0.697. The van der Waals surface area contributed by atoms with Crippen molar-refractivity contribution in [3.05, 3.63) is 47.1 Å². The standard InChI is InChI=1S/C22H22N4OS/c27-19(17-3-1-5-18-16(17)4-2-6-23-18)24-21-26-25-20(28-21)22-10-13-7-14(11-22)9-15(8-13)12-22/h1-6,13-15H,7-12H2,(H,24,26,27). The van der Waals surface area contributed by atoms with E-state index in [0.29, 0.717) is 10.7 Å². The van der Waals surface area contributed by atoms with Gasteiger partial charge in [0.15, 0.2) is 0 Å². The number of anilines is 1. The van der Waals surface area contributed by atoms with Crippen LogP contribution in [0.25, 0.3) is 10.9 Å². The molecule has 2 heterocycles. The molecular weight excluding hydrogens is 368 g/mol. The second-order valence-electron chi connectivity index (χ2n) is 8.94. The SMILES string of the molecule is O=C(Nc1nnc(C23CC4CC(CC(C4)C2)C3)s1)c1cccc2ncccc12. The summed E-state index contributed by atoms with van der Waals surface area (Å²) in [6, 6.07) is 9.40. The van der Waals surface area contributed by atoms with Crippen LogP contribution in [0.1, 0.15) is 53.9 Å². The van der Waals surface area contributed by atoms with Gasteiger partial charge in [-0.15, -0.1) is 10.2 Å². The highest BCUT2D eigenvalue weighted by atomic mass is 32.1. The number of carbonyl (C=O) groups is 1. The van der Waals surface area contributed by atoms with Crippen molar-refractivity contribution < 1.29 is 4.79 Å². The lowest BCUT2D eigenvalue weighted by molar-refractivity contribution is -0.00555. The number of benzene rings is 1. The maximum absolute atomic E-state index is 12.9. The first-order valence-electron chi connectivity index (χ1n) is 10.2. The predicted octanol–water partition coefficient (Wildman–Crippen LogP) is 4.81. The molecule has 7 rings (SSSR count). The fourth-order valence-corrected chi connectivity index (χ4v) is 7.28. The summed E-state index contributed by atoms with van der Waals surface area (Å²) >= 11 is 1.58. The first kappa shape index (κ1) is 16.6. The van der Waals surface area contributed by atoms with Crippen molar-refractivity contribution in [2.75, 3.05) is 5.32 Å². The molecule has 4 bridgehead atoms. The Bertz CT molecular complexity index is 1030. The van der Waals surface area contributed by atoms with E-state index in [1.54, 1.807) is 17.5 Å². The van der Waals surface area contributed by atoms with Crippen LogP contribution < -0.4 is 5.32 Å². The molecule has 6 heteroatoms. The number of amides is 1. The van der Waals surface area contributed by atoms with Gasteiger partial charge in [-0.3, -0.25) is 15.1 Å². The van der Waals surface area contributed by atoms with Crippen LogP contribution in [-0.2, 0) is 5.41 Å². The van der Waals surface area contributed by atoms with E-state index in [0.717, 1.165) is 33.7 Å². The van der Waals surface area contributed by atoms with Crippen molar-refractivity contribution in [3.63, 3.8) is 0 Å². The summed E-state index contributed by atoms with van der Waals surface area (Å²) in [4.78, 5) is 17.2. The highest BCUT2D eigenvalue weighted by molar-refractivity contribution is 7.15. The number of hydrogen-bond acceptors (Lipinski definition) is 5. The number of carbonyl (C=O) groups excluding carboxylic acids is 1. The second kappa shape index (κ2) is 6.08. The Morgan fingerprint density at radius 1 is 1.00 bits per heavy atom. The largest absolute Gasteiger partial charge is 0.296 e. The van der Waals surface area contributed by atoms with Gasteiger partial charge in [-0.1, -0.05) is 23.5 Å². The molecule has 1 aromatic carbocycles. The van der Waals surface area contributed by atoms with Crippen LogP contribution in [0.15, 0.2) is 36.5 Å². The van der Waals surface area contributed by atoms with Crippen LogP contribution in [0.3, 0.4) is 0 Å². The zero-order chi connectivity index (χ0) is 18.7. The van der Waals surface area contributed by atoms with Crippen LogP contribution in [0.5, 0.6) is 0 Å². The zero-order valence-corrected chi connectivity index (χ0v) is 16.4. The maximum Gasteiger partial charge on any atom is 0.258 e. The Hall–Kier alpha value is -2.34. The third-order valence-electron chi connectivity index (χ3n) is 7.03. The Balaban J connectivity index is 1.27. The van der Waals surface area contributed by atoms with Crippen molar-refractivity contribution in [2.45, 2.75) is 43.9 Å². The van der Waals surface area contributed by atoms with E-state index in [2.05, 4.69) is 20.5 Å². The van der Waals surface area contributed by atoms with E-state index in [1.165, 1.54) is 38.5 Å². The van der Waals surface area contributed by atoms with Crippen LogP contribution >= 0.6 is 11.3 Å². The van der Waals surface area contributed by atoms with Gasteiger partial charge >= 0.3 is 0 Å². The molecule has 5 nitrogen and oxygen atoms in total. The van der Waals surface area contributed by atoms with E-state index in [4.69, 9.17) is 0 Å². The molecule has 4 saturated carbocycles. The monoisotopic (exact) mass is 390 g/mol. The van der Waals surface area contributed by atoms with Crippen molar-refractivity contribution in [2.24, 2.45) is 17.8 Å². The van der Waals surface area contributed by atoms with Crippen molar-refractivity contribution in [1.29, 1.82) is 0 Å². The molecule has 1 N–H and O–H groups in total. The summed E-state index contributed by atoms with van der Waals surface area (Å²) in [5.74, 6) is 2.47. The third kappa shape index (κ3) is 2.58. The summed E-state index contributed by atoms with van der Waals surface area (Å²) in [6.45, 7) is 0. The molecule has 4 aliphatic carbocycles.